The van der Waals surface area contributed by atoms with Crippen molar-refractivity contribution in [2.75, 3.05) is 26.0 Å². The Hall–Kier alpha value is -2.89. The zero-order chi connectivity index (χ0) is 23.4. The number of nitrogens with one attached hydrogen (secondary N) is 2. The third-order valence-corrected chi connectivity index (χ3v) is 8.30. The highest BCUT2D eigenvalue weighted by Gasteiger charge is 2.37. The molecular weight excluding hydrogens is 464 g/mol. The van der Waals surface area contributed by atoms with Gasteiger partial charge in [0.25, 0.3) is 0 Å². The molecule has 1 aliphatic rings. The minimum Gasteiger partial charge on any atom is -0.384 e. The normalized spacial score (nSPS) is 14.7. The first-order valence-corrected chi connectivity index (χ1v) is 13.0. The third-order valence-electron chi connectivity index (χ3n) is 5.16. The number of benzene rings is 1. The number of carbonyl (C=O) groups is 2. The smallest absolute Gasteiger partial charge is 0.245 e. The van der Waals surface area contributed by atoms with Gasteiger partial charge in [0, 0.05) is 31.1 Å². The summed E-state index contributed by atoms with van der Waals surface area (Å²) in [5, 5.41) is 3.86. The number of methoxy groups -OCH3 is 1. The summed E-state index contributed by atoms with van der Waals surface area (Å²) in [5.74, 6) is -1.46. The first kappa shape index (κ1) is 23.3. The van der Waals surface area contributed by atoms with Crippen LogP contribution in [0.1, 0.15) is 23.1 Å². The second kappa shape index (κ2) is 9.94. The van der Waals surface area contributed by atoms with Gasteiger partial charge in [-0.15, -0.1) is 11.3 Å². The number of rotatable bonds is 10. The number of ether oxygens (including phenoxy) is 1. The number of fused-ring (bicyclic) bond motifs is 1. The SMILES string of the molecule is COCCS(=O)(=O)C(C(=O)NCC(=O)NC1CC1)c1nc2cc(-c3cccnc3)ccc2s1. The second-order valence-electron chi connectivity index (χ2n) is 7.78. The number of carbonyl (C=O) groups excluding carboxylic acids is 2. The lowest BCUT2D eigenvalue weighted by Gasteiger charge is -2.15. The summed E-state index contributed by atoms with van der Waals surface area (Å²) >= 11 is 1.14. The molecule has 2 N–H and O–H groups in total. The van der Waals surface area contributed by atoms with E-state index in [4.69, 9.17) is 4.74 Å². The predicted octanol–water partition coefficient (Wildman–Crippen LogP) is 1.86. The van der Waals surface area contributed by atoms with Gasteiger partial charge in [0.05, 0.1) is 29.1 Å². The fourth-order valence-electron chi connectivity index (χ4n) is 3.28. The van der Waals surface area contributed by atoms with Crippen LogP contribution in [0.4, 0.5) is 0 Å². The Bertz CT molecular complexity index is 1260. The monoisotopic (exact) mass is 488 g/mol. The van der Waals surface area contributed by atoms with Crippen LogP contribution >= 0.6 is 11.3 Å². The molecule has 9 nitrogen and oxygen atoms in total. The van der Waals surface area contributed by atoms with Crippen LogP contribution in [0.3, 0.4) is 0 Å². The fraction of sp³-hybridized carbons (Fsp3) is 0.364. The van der Waals surface area contributed by atoms with Gasteiger partial charge in [-0.1, -0.05) is 12.1 Å². The van der Waals surface area contributed by atoms with E-state index in [0.29, 0.717) is 5.52 Å². The number of amides is 2. The summed E-state index contributed by atoms with van der Waals surface area (Å²) in [6, 6.07) is 9.48. The van der Waals surface area contributed by atoms with E-state index in [1.165, 1.54) is 7.11 Å². The average molecular weight is 489 g/mol. The number of thiazole rings is 1. The number of hydrogen-bond acceptors (Lipinski definition) is 8. The maximum Gasteiger partial charge on any atom is 0.245 e. The highest BCUT2D eigenvalue weighted by Crippen LogP contribution is 2.33. The van der Waals surface area contributed by atoms with Gasteiger partial charge in [0.15, 0.2) is 15.1 Å². The van der Waals surface area contributed by atoms with Crippen molar-refractivity contribution in [1.82, 2.24) is 20.6 Å². The lowest BCUT2D eigenvalue weighted by molar-refractivity contribution is -0.126. The Morgan fingerprint density at radius 1 is 1.24 bits per heavy atom. The van der Waals surface area contributed by atoms with Crippen LogP contribution in [0, 0.1) is 0 Å². The van der Waals surface area contributed by atoms with E-state index in [0.717, 1.165) is 40.0 Å². The highest BCUT2D eigenvalue weighted by molar-refractivity contribution is 7.92. The summed E-state index contributed by atoms with van der Waals surface area (Å²) in [4.78, 5) is 33.6. The van der Waals surface area contributed by atoms with E-state index < -0.39 is 21.0 Å². The molecular formula is C22H24N4O5S2. The molecule has 4 rings (SSSR count). The summed E-state index contributed by atoms with van der Waals surface area (Å²) in [6.45, 7) is -0.341. The summed E-state index contributed by atoms with van der Waals surface area (Å²) < 4.78 is 31.8. The predicted molar refractivity (Wildman–Crippen MR) is 125 cm³/mol. The number of nitrogens with zero attached hydrogens (tertiary/aromatic N) is 2. The van der Waals surface area contributed by atoms with Crippen LogP contribution in [0.15, 0.2) is 42.7 Å². The average Bonchev–Trinajstić information content (AvgIpc) is 3.52. The van der Waals surface area contributed by atoms with Crippen molar-refractivity contribution in [2.45, 2.75) is 24.1 Å². The third kappa shape index (κ3) is 5.73. The topological polar surface area (TPSA) is 127 Å². The van der Waals surface area contributed by atoms with Crippen molar-refractivity contribution in [2.24, 2.45) is 0 Å². The molecule has 1 atom stereocenters. The molecule has 0 bridgehead atoms. The van der Waals surface area contributed by atoms with Gasteiger partial charge in [-0.05, 0) is 36.6 Å². The van der Waals surface area contributed by atoms with Crippen molar-refractivity contribution in [3.05, 3.63) is 47.7 Å². The van der Waals surface area contributed by atoms with Gasteiger partial charge in [-0.3, -0.25) is 14.6 Å². The molecule has 1 aliphatic carbocycles. The van der Waals surface area contributed by atoms with Crippen molar-refractivity contribution in [3.8, 4) is 11.1 Å². The first-order valence-electron chi connectivity index (χ1n) is 10.5. The minimum atomic E-state index is -3.94. The largest absolute Gasteiger partial charge is 0.384 e. The molecule has 1 aromatic carbocycles. The zero-order valence-electron chi connectivity index (χ0n) is 18.0. The van der Waals surface area contributed by atoms with Gasteiger partial charge < -0.3 is 15.4 Å². The lowest BCUT2D eigenvalue weighted by atomic mass is 10.1. The Balaban J connectivity index is 1.62. The molecule has 0 aliphatic heterocycles. The molecule has 1 fully saturated rings. The molecule has 11 heteroatoms. The summed E-state index contributed by atoms with van der Waals surface area (Å²) in [7, 11) is -2.54. The fourth-order valence-corrected chi connectivity index (χ4v) is 6.20. The molecule has 3 aromatic rings. The molecule has 0 spiro atoms. The molecule has 2 amide bonds. The van der Waals surface area contributed by atoms with Crippen molar-refractivity contribution < 1.29 is 22.7 Å². The second-order valence-corrected chi connectivity index (χ2v) is 11.0. The van der Waals surface area contributed by atoms with E-state index in [-0.39, 0.29) is 35.9 Å². The number of sulfone groups is 1. The van der Waals surface area contributed by atoms with E-state index in [2.05, 4.69) is 20.6 Å². The number of pyridine rings is 1. The number of hydrogen-bond donors (Lipinski definition) is 2. The molecule has 0 saturated heterocycles. The minimum absolute atomic E-state index is 0.0513. The molecule has 0 radical (unpaired) electrons. The van der Waals surface area contributed by atoms with Crippen LogP contribution in [-0.4, -0.2) is 62.3 Å². The molecule has 2 heterocycles. The standard InChI is InChI=1S/C22H24N4O5S2/c1-31-9-10-33(29,30)20(21(28)24-13-19(27)25-16-5-6-16)22-26-17-11-14(4-7-18(17)32-22)15-3-2-8-23-12-15/h2-4,7-8,11-12,16,20H,5-6,9-10,13H2,1H3,(H,24,28)(H,25,27). The molecule has 33 heavy (non-hydrogen) atoms. The van der Waals surface area contributed by atoms with Crippen LogP contribution in [0.25, 0.3) is 21.3 Å². The van der Waals surface area contributed by atoms with Gasteiger partial charge in [0.1, 0.15) is 5.01 Å². The zero-order valence-corrected chi connectivity index (χ0v) is 19.6. The van der Waals surface area contributed by atoms with Crippen molar-refractivity contribution >= 4 is 43.2 Å². The molecule has 174 valence electrons. The van der Waals surface area contributed by atoms with Gasteiger partial charge in [-0.25, -0.2) is 13.4 Å². The molecule has 2 aromatic heterocycles. The van der Waals surface area contributed by atoms with Crippen LogP contribution < -0.4 is 10.6 Å². The van der Waals surface area contributed by atoms with Crippen molar-refractivity contribution in [1.29, 1.82) is 0 Å². The van der Waals surface area contributed by atoms with Crippen molar-refractivity contribution in [3.63, 3.8) is 0 Å². The summed E-state index contributed by atoms with van der Waals surface area (Å²) in [5.41, 5.74) is 2.37. The first-order chi connectivity index (χ1) is 15.9. The Morgan fingerprint density at radius 2 is 2.06 bits per heavy atom. The van der Waals surface area contributed by atoms with Gasteiger partial charge in [-0.2, -0.15) is 0 Å². The summed E-state index contributed by atoms with van der Waals surface area (Å²) in [6.07, 6.45) is 5.25. The van der Waals surface area contributed by atoms with E-state index >= 15 is 0 Å². The number of aromatic nitrogens is 2. The quantitative estimate of drug-likeness (QED) is 0.446. The molecule has 1 unspecified atom stereocenters. The van der Waals surface area contributed by atoms with E-state index in [9.17, 15) is 18.0 Å². The van der Waals surface area contributed by atoms with E-state index in [1.54, 1.807) is 12.4 Å². The maximum atomic E-state index is 13.0. The van der Waals surface area contributed by atoms with Crippen LogP contribution in [-0.2, 0) is 24.2 Å². The van der Waals surface area contributed by atoms with E-state index in [1.807, 2.05) is 30.3 Å². The highest BCUT2D eigenvalue weighted by atomic mass is 32.2. The van der Waals surface area contributed by atoms with Crippen LogP contribution in [0.5, 0.6) is 0 Å². The Labute approximate surface area is 195 Å². The van der Waals surface area contributed by atoms with Gasteiger partial charge in [0.2, 0.25) is 11.8 Å². The maximum absolute atomic E-state index is 13.0. The molecule has 1 saturated carbocycles. The van der Waals surface area contributed by atoms with Crippen LogP contribution in [0.2, 0.25) is 0 Å². The Morgan fingerprint density at radius 3 is 2.76 bits per heavy atom. The van der Waals surface area contributed by atoms with Gasteiger partial charge >= 0.3 is 0 Å². The lowest BCUT2D eigenvalue weighted by Crippen LogP contribution is -2.41. The Kier molecular flexibility index (Phi) is 7.01.